The number of nitrogens with zero attached hydrogens (tertiary/aromatic N) is 1. The van der Waals surface area contributed by atoms with E-state index in [0.29, 0.717) is 12.0 Å². The Balaban J connectivity index is 2.13. The maximum atomic E-state index is 4.83. The van der Waals surface area contributed by atoms with Crippen molar-refractivity contribution in [2.45, 2.75) is 65.0 Å². The number of hydrogen-bond donors (Lipinski definition) is 1. The second-order valence-corrected chi connectivity index (χ2v) is 6.44. The second kappa shape index (κ2) is 4.84. The maximum Gasteiger partial charge on any atom is 0.0957 e. The normalized spacial score (nSPS) is 16.4. The van der Waals surface area contributed by atoms with Crippen LogP contribution in [0.3, 0.4) is 0 Å². The van der Waals surface area contributed by atoms with Crippen molar-refractivity contribution in [1.29, 1.82) is 0 Å². The minimum absolute atomic E-state index is 0.552. The summed E-state index contributed by atoms with van der Waals surface area (Å²) < 4.78 is 0. The minimum atomic E-state index is 0.552. The Kier molecular flexibility index (Phi) is 3.65. The molecule has 0 atom stereocenters. The predicted octanol–water partition coefficient (Wildman–Crippen LogP) is 3.64. The van der Waals surface area contributed by atoms with Crippen LogP contribution in [-0.2, 0) is 6.54 Å². The van der Waals surface area contributed by atoms with Crippen molar-refractivity contribution in [1.82, 2.24) is 10.3 Å². The van der Waals surface area contributed by atoms with Gasteiger partial charge in [-0.05, 0) is 12.8 Å². The van der Waals surface area contributed by atoms with Crippen LogP contribution >= 0.6 is 11.3 Å². The first kappa shape index (κ1) is 12.1. The van der Waals surface area contributed by atoms with Gasteiger partial charge in [0.2, 0.25) is 0 Å². The van der Waals surface area contributed by atoms with Gasteiger partial charge in [-0.1, -0.05) is 27.7 Å². The number of nitrogens with one attached hydrogen (secondary N) is 1. The molecule has 1 aromatic rings. The van der Waals surface area contributed by atoms with Gasteiger partial charge in [0, 0.05) is 29.3 Å². The highest BCUT2D eigenvalue weighted by molar-refractivity contribution is 7.11. The Morgan fingerprint density at radius 1 is 1.31 bits per heavy atom. The van der Waals surface area contributed by atoms with Gasteiger partial charge >= 0.3 is 0 Å². The summed E-state index contributed by atoms with van der Waals surface area (Å²) in [5.41, 5.74) is 1.39. The average Bonchev–Trinajstić information content (AvgIpc) is 2.95. The van der Waals surface area contributed by atoms with Crippen LogP contribution in [0.25, 0.3) is 0 Å². The zero-order chi connectivity index (χ0) is 11.7. The van der Waals surface area contributed by atoms with Crippen molar-refractivity contribution in [2.75, 3.05) is 0 Å². The van der Waals surface area contributed by atoms with Gasteiger partial charge in [-0.3, -0.25) is 0 Å². The van der Waals surface area contributed by atoms with E-state index in [0.717, 1.165) is 12.5 Å². The van der Waals surface area contributed by atoms with Gasteiger partial charge in [0.25, 0.3) is 0 Å². The first-order valence-corrected chi connectivity index (χ1v) is 7.12. The third-order valence-electron chi connectivity index (χ3n) is 2.87. The number of thiazole rings is 1. The van der Waals surface area contributed by atoms with E-state index < -0.39 is 0 Å². The Morgan fingerprint density at radius 2 is 2.00 bits per heavy atom. The van der Waals surface area contributed by atoms with Crippen LogP contribution < -0.4 is 5.32 Å². The minimum Gasteiger partial charge on any atom is -0.310 e. The summed E-state index contributed by atoms with van der Waals surface area (Å²) in [6, 6.07) is 0.552. The Bertz CT molecular complexity index is 351. The molecule has 16 heavy (non-hydrogen) atoms. The summed E-state index contributed by atoms with van der Waals surface area (Å²) in [4.78, 5) is 6.30. The van der Waals surface area contributed by atoms with Crippen molar-refractivity contribution in [3.63, 3.8) is 0 Å². The van der Waals surface area contributed by atoms with Crippen molar-refractivity contribution in [3.8, 4) is 0 Å². The van der Waals surface area contributed by atoms with E-state index in [1.165, 1.54) is 28.4 Å². The average molecular weight is 238 g/mol. The predicted molar refractivity (Wildman–Crippen MR) is 70.2 cm³/mol. The highest BCUT2D eigenvalue weighted by atomic mass is 32.1. The lowest BCUT2D eigenvalue weighted by atomic mass is 10.2. The molecule has 90 valence electrons. The van der Waals surface area contributed by atoms with Crippen molar-refractivity contribution in [3.05, 3.63) is 15.6 Å². The third-order valence-corrected chi connectivity index (χ3v) is 4.24. The topological polar surface area (TPSA) is 24.9 Å². The molecule has 0 aromatic carbocycles. The van der Waals surface area contributed by atoms with Gasteiger partial charge in [-0.2, -0.15) is 0 Å². The quantitative estimate of drug-likeness (QED) is 0.847. The molecule has 1 saturated carbocycles. The summed E-state index contributed by atoms with van der Waals surface area (Å²) >= 11 is 1.90. The van der Waals surface area contributed by atoms with E-state index in [4.69, 9.17) is 4.98 Å². The van der Waals surface area contributed by atoms with Crippen LogP contribution in [-0.4, -0.2) is 11.0 Å². The van der Waals surface area contributed by atoms with Crippen molar-refractivity contribution >= 4 is 11.3 Å². The van der Waals surface area contributed by atoms with E-state index in [1.807, 2.05) is 11.3 Å². The summed E-state index contributed by atoms with van der Waals surface area (Å²) in [6.45, 7) is 9.85. The second-order valence-electron chi connectivity index (χ2n) is 5.33. The van der Waals surface area contributed by atoms with Gasteiger partial charge in [-0.25, -0.2) is 4.98 Å². The Labute approximate surface area is 102 Å². The zero-order valence-corrected chi connectivity index (χ0v) is 11.5. The van der Waals surface area contributed by atoms with Gasteiger partial charge in [0.05, 0.1) is 10.7 Å². The van der Waals surface area contributed by atoms with E-state index in [2.05, 4.69) is 33.0 Å². The largest absolute Gasteiger partial charge is 0.310 e. The number of aromatic nitrogens is 1. The first-order valence-electron chi connectivity index (χ1n) is 6.30. The molecule has 1 aromatic heterocycles. The SMILES string of the molecule is CC(C)NCc1sc(C(C)C)nc1C1CC1. The molecule has 0 unspecified atom stereocenters. The molecular formula is C13H22N2S. The van der Waals surface area contributed by atoms with E-state index >= 15 is 0 Å². The van der Waals surface area contributed by atoms with E-state index in [1.54, 1.807) is 0 Å². The molecule has 2 rings (SSSR count). The molecule has 1 fully saturated rings. The summed E-state index contributed by atoms with van der Waals surface area (Å²) in [7, 11) is 0. The van der Waals surface area contributed by atoms with Gasteiger partial charge < -0.3 is 5.32 Å². The maximum absolute atomic E-state index is 4.83. The molecule has 1 N–H and O–H groups in total. The number of rotatable bonds is 5. The lowest BCUT2D eigenvalue weighted by Crippen LogP contribution is -2.21. The summed E-state index contributed by atoms with van der Waals surface area (Å²) in [5, 5.41) is 4.82. The van der Waals surface area contributed by atoms with Crippen LogP contribution in [0.15, 0.2) is 0 Å². The van der Waals surface area contributed by atoms with Crippen molar-refractivity contribution in [2.24, 2.45) is 0 Å². The highest BCUT2D eigenvalue weighted by Crippen LogP contribution is 2.43. The number of hydrogen-bond acceptors (Lipinski definition) is 3. The smallest absolute Gasteiger partial charge is 0.0957 e. The fourth-order valence-electron chi connectivity index (χ4n) is 1.73. The Morgan fingerprint density at radius 3 is 2.50 bits per heavy atom. The van der Waals surface area contributed by atoms with Crippen LogP contribution in [0.4, 0.5) is 0 Å². The highest BCUT2D eigenvalue weighted by Gasteiger charge is 2.29. The lowest BCUT2D eigenvalue weighted by molar-refractivity contribution is 0.590. The molecular weight excluding hydrogens is 216 g/mol. The standard InChI is InChI=1S/C13H22N2S/c1-8(2)13-15-12(10-5-6-10)11(16-13)7-14-9(3)4/h8-10,14H,5-7H2,1-4H3. The molecule has 0 spiro atoms. The van der Waals surface area contributed by atoms with Gasteiger partial charge in [0.15, 0.2) is 0 Å². The molecule has 0 bridgehead atoms. The molecule has 1 heterocycles. The van der Waals surface area contributed by atoms with Crippen LogP contribution in [0.5, 0.6) is 0 Å². The lowest BCUT2D eigenvalue weighted by Gasteiger charge is -2.07. The van der Waals surface area contributed by atoms with Crippen molar-refractivity contribution < 1.29 is 0 Å². The fraction of sp³-hybridized carbons (Fsp3) is 0.769. The Hall–Kier alpha value is -0.410. The zero-order valence-electron chi connectivity index (χ0n) is 10.7. The van der Waals surface area contributed by atoms with Gasteiger partial charge in [-0.15, -0.1) is 11.3 Å². The molecule has 0 saturated heterocycles. The molecule has 0 amide bonds. The summed E-state index contributed by atoms with van der Waals surface area (Å²) in [6.07, 6.45) is 2.69. The molecule has 1 aliphatic carbocycles. The molecule has 1 aliphatic rings. The third kappa shape index (κ3) is 2.83. The fourth-order valence-corrected chi connectivity index (χ4v) is 2.83. The molecule has 3 heteroatoms. The van der Waals surface area contributed by atoms with Crippen LogP contribution in [0, 0.1) is 0 Å². The van der Waals surface area contributed by atoms with E-state index in [9.17, 15) is 0 Å². The summed E-state index contributed by atoms with van der Waals surface area (Å²) in [5.74, 6) is 1.34. The van der Waals surface area contributed by atoms with E-state index in [-0.39, 0.29) is 0 Å². The first-order chi connectivity index (χ1) is 7.58. The van der Waals surface area contributed by atoms with Crippen LogP contribution in [0.2, 0.25) is 0 Å². The monoisotopic (exact) mass is 238 g/mol. The molecule has 0 radical (unpaired) electrons. The molecule has 0 aliphatic heterocycles. The van der Waals surface area contributed by atoms with Crippen LogP contribution in [0.1, 0.15) is 68.0 Å². The molecule has 2 nitrogen and oxygen atoms in total. The van der Waals surface area contributed by atoms with Gasteiger partial charge in [0.1, 0.15) is 0 Å².